The molecule has 2 aromatic rings. The summed E-state index contributed by atoms with van der Waals surface area (Å²) in [6.07, 6.45) is 0. The summed E-state index contributed by atoms with van der Waals surface area (Å²) in [5.74, 6) is 0.0530. The summed E-state index contributed by atoms with van der Waals surface area (Å²) in [7, 11) is 0. The number of rotatable bonds is 2. The number of hydrogen-bond donors (Lipinski definition) is 1. The average molecular weight is 418 g/mol. The van der Waals surface area contributed by atoms with Gasteiger partial charge in [-0.15, -0.1) is 0 Å². The fourth-order valence-electron chi connectivity index (χ4n) is 2.80. The number of fused-ring (bicyclic) bond motifs is 1. The van der Waals surface area contributed by atoms with Gasteiger partial charge in [-0.1, -0.05) is 0 Å². The Morgan fingerprint density at radius 3 is 2.74 bits per heavy atom. The molecule has 2 aliphatic rings. The molecule has 0 radical (unpaired) electrons. The number of aryl methyl sites for hydroxylation is 1. The summed E-state index contributed by atoms with van der Waals surface area (Å²) in [5, 5.41) is 3.38. The standard InChI is InChI=1S/C18H17IN3O/c1-12-2-5-14(6-3-12)22-11-21-16-10-13(17-19-8-9-20-17)4-7-15(16)18(22)23/h2-7,10,21H,8-9,11H2,1H3/q-1. The van der Waals surface area contributed by atoms with E-state index in [0.29, 0.717) is 6.67 Å². The molecule has 1 amide bonds. The molecule has 23 heavy (non-hydrogen) atoms. The third-order valence-electron chi connectivity index (χ3n) is 4.06. The molecule has 0 saturated carbocycles. The average Bonchev–Trinajstić information content (AvgIpc) is 3.10. The van der Waals surface area contributed by atoms with Gasteiger partial charge in [-0.25, -0.2) is 0 Å². The molecule has 0 aliphatic carbocycles. The SMILES string of the molecule is Cc1ccc(N2CNc3cc(C4=NCC[I-]4)ccc3C2=O)cc1. The third kappa shape index (κ3) is 2.73. The number of aliphatic imine (C=N–C) groups is 1. The van der Waals surface area contributed by atoms with E-state index in [-0.39, 0.29) is 27.1 Å². The molecule has 0 atom stereocenters. The van der Waals surface area contributed by atoms with E-state index >= 15 is 0 Å². The predicted octanol–water partition coefficient (Wildman–Crippen LogP) is -0.126. The molecular formula is C18H17IN3O-. The van der Waals surface area contributed by atoms with E-state index in [1.165, 1.54) is 19.3 Å². The van der Waals surface area contributed by atoms with Crippen LogP contribution in [0.2, 0.25) is 0 Å². The number of carbonyl (C=O) groups is 1. The second-order valence-electron chi connectivity index (χ2n) is 5.66. The van der Waals surface area contributed by atoms with Crippen LogP contribution in [0, 0.1) is 6.92 Å². The van der Waals surface area contributed by atoms with Gasteiger partial charge in [0.15, 0.2) is 0 Å². The quantitative estimate of drug-likeness (QED) is 0.546. The number of hydrogen-bond acceptors (Lipinski definition) is 3. The van der Waals surface area contributed by atoms with Crippen LogP contribution in [0.3, 0.4) is 0 Å². The van der Waals surface area contributed by atoms with E-state index in [9.17, 15) is 4.79 Å². The summed E-state index contributed by atoms with van der Waals surface area (Å²) in [6.45, 7) is 3.51. The summed E-state index contributed by atoms with van der Waals surface area (Å²) >= 11 is 0.0498. The van der Waals surface area contributed by atoms with Gasteiger partial charge in [-0.2, -0.15) is 0 Å². The van der Waals surface area contributed by atoms with E-state index in [1.54, 1.807) is 4.90 Å². The zero-order valence-corrected chi connectivity index (χ0v) is 15.0. The predicted molar refractivity (Wildman–Crippen MR) is 89.2 cm³/mol. The zero-order valence-electron chi connectivity index (χ0n) is 12.8. The molecule has 0 unspecified atom stereocenters. The van der Waals surface area contributed by atoms with Crippen molar-refractivity contribution >= 4 is 21.0 Å². The summed E-state index contributed by atoms with van der Waals surface area (Å²) < 4.78 is 2.50. The number of nitrogens with zero attached hydrogens (tertiary/aromatic N) is 2. The molecule has 0 saturated heterocycles. The Labute approximate surface area is 145 Å². The Morgan fingerprint density at radius 1 is 1.17 bits per heavy atom. The molecule has 5 heteroatoms. The molecule has 118 valence electrons. The Morgan fingerprint density at radius 2 is 2.00 bits per heavy atom. The Hall–Kier alpha value is -1.89. The van der Waals surface area contributed by atoms with Crippen molar-refractivity contribution in [2.24, 2.45) is 4.99 Å². The first kappa shape index (κ1) is 14.7. The van der Waals surface area contributed by atoms with Crippen molar-refractivity contribution in [1.82, 2.24) is 0 Å². The van der Waals surface area contributed by atoms with E-state index in [0.717, 1.165) is 23.5 Å². The Balaban J connectivity index is 1.65. The summed E-state index contributed by atoms with van der Waals surface area (Å²) in [4.78, 5) is 19.2. The molecule has 0 aromatic heterocycles. The first-order chi connectivity index (χ1) is 11.2. The van der Waals surface area contributed by atoms with Crippen LogP contribution in [0.4, 0.5) is 11.4 Å². The van der Waals surface area contributed by atoms with Crippen LogP contribution in [0.1, 0.15) is 21.5 Å². The first-order valence-corrected chi connectivity index (χ1v) is 10.2. The number of benzene rings is 2. The van der Waals surface area contributed by atoms with Gasteiger partial charge in [-0.05, 0) is 0 Å². The van der Waals surface area contributed by atoms with Crippen LogP contribution in [0.5, 0.6) is 0 Å². The van der Waals surface area contributed by atoms with Gasteiger partial charge in [-0.3, -0.25) is 0 Å². The van der Waals surface area contributed by atoms with Crippen molar-refractivity contribution in [3.8, 4) is 0 Å². The molecule has 0 bridgehead atoms. The zero-order chi connectivity index (χ0) is 15.8. The van der Waals surface area contributed by atoms with Crippen molar-refractivity contribution in [1.29, 1.82) is 0 Å². The molecule has 1 N–H and O–H groups in total. The maximum atomic E-state index is 12.8. The molecule has 0 spiro atoms. The van der Waals surface area contributed by atoms with Gasteiger partial charge in [0.25, 0.3) is 0 Å². The maximum absolute atomic E-state index is 12.8. The van der Waals surface area contributed by atoms with E-state index < -0.39 is 0 Å². The normalized spacial score (nSPS) is 17.2. The molecule has 2 aliphatic heterocycles. The van der Waals surface area contributed by atoms with Crippen molar-refractivity contribution in [3.05, 3.63) is 59.2 Å². The summed E-state index contributed by atoms with van der Waals surface area (Å²) in [6, 6.07) is 14.1. The van der Waals surface area contributed by atoms with Crippen molar-refractivity contribution in [2.75, 3.05) is 27.9 Å². The fraction of sp³-hybridized carbons (Fsp3) is 0.222. The minimum atomic E-state index is 0.0498. The van der Waals surface area contributed by atoms with Crippen LogP contribution in [0.25, 0.3) is 0 Å². The number of alkyl halides is 1. The van der Waals surface area contributed by atoms with Crippen molar-refractivity contribution in [2.45, 2.75) is 6.92 Å². The molecule has 4 nitrogen and oxygen atoms in total. The second kappa shape index (κ2) is 5.96. The second-order valence-corrected chi connectivity index (χ2v) is 8.52. The molecule has 4 rings (SSSR count). The van der Waals surface area contributed by atoms with Gasteiger partial charge < -0.3 is 0 Å². The van der Waals surface area contributed by atoms with Crippen LogP contribution in [0.15, 0.2) is 47.5 Å². The topological polar surface area (TPSA) is 44.7 Å². The van der Waals surface area contributed by atoms with Crippen LogP contribution in [-0.4, -0.2) is 27.3 Å². The molecule has 0 fully saturated rings. The minimum absolute atomic E-state index is 0.0498. The fourth-order valence-corrected chi connectivity index (χ4v) is 5.05. The van der Waals surface area contributed by atoms with Gasteiger partial charge in [0.05, 0.1) is 0 Å². The van der Waals surface area contributed by atoms with E-state index in [4.69, 9.17) is 0 Å². The van der Waals surface area contributed by atoms with Crippen LogP contribution < -0.4 is 31.4 Å². The Bertz CT molecular complexity index is 798. The Kier molecular flexibility index (Phi) is 3.80. The van der Waals surface area contributed by atoms with Crippen molar-refractivity contribution < 1.29 is 26.0 Å². The monoisotopic (exact) mass is 418 g/mol. The van der Waals surface area contributed by atoms with Gasteiger partial charge >= 0.3 is 146 Å². The van der Waals surface area contributed by atoms with E-state index in [2.05, 4.69) is 16.4 Å². The van der Waals surface area contributed by atoms with Gasteiger partial charge in [0.1, 0.15) is 0 Å². The summed E-state index contributed by atoms with van der Waals surface area (Å²) in [5.41, 5.74) is 4.95. The van der Waals surface area contributed by atoms with Gasteiger partial charge in [0.2, 0.25) is 0 Å². The third-order valence-corrected chi connectivity index (χ3v) is 6.77. The van der Waals surface area contributed by atoms with Crippen LogP contribution >= 0.6 is 0 Å². The van der Waals surface area contributed by atoms with Gasteiger partial charge in [0, 0.05) is 0 Å². The molecule has 2 heterocycles. The van der Waals surface area contributed by atoms with E-state index in [1.807, 2.05) is 43.3 Å². The van der Waals surface area contributed by atoms with Crippen LogP contribution in [-0.2, 0) is 0 Å². The number of halogens is 1. The number of carbonyl (C=O) groups excluding carboxylic acids is 1. The van der Waals surface area contributed by atoms with Crippen molar-refractivity contribution in [3.63, 3.8) is 0 Å². The molecule has 2 aromatic carbocycles. The number of anilines is 2. The first-order valence-electron chi connectivity index (χ1n) is 7.63. The molecular weight excluding hydrogens is 401 g/mol. The number of amides is 1. The number of nitrogens with one attached hydrogen (secondary N) is 1.